The van der Waals surface area contributed by atoms with E-state index < -0.39 is 18.1 Å². The number of nitrogens with one attached hydrogen (secondary N) is 1. The minimum absolute atomic E-state index is 0.0436. The standard InChI is InChI=1S/C19H20BrNO4/c1-13(25-16-6-4-3-5-7-16)19(23)21-17(12-18(22)24-2)14-8-10-15(20)11-9-14/h3-11,13,17H,12H2,1-2H3,(H,21,23). The van der Waals surface area contributed by atoms with Crippen LogP contribution in [0.5, 0.6) is 5.75 Å². The first-order valence-corrected chi connectivity index (χ1v) is 8.63. The van der Waals surface area contributed by atoms with Gasteiger partial charge >= 0.3 is 5.97 Å². The van der Waals surface area contributed by atoms with E-state index >= 15 is 0 Å². The SMILES string of the molecule is COC(=O)CC(NC(=O)C(C)Oc1ccccc1)c1ccc(Br)cc1. The highest BCUT2D eigenvalue weighted by Crippen LogP contribution is 2.21. The maximum atomic E-state index is 12.5. The minimum Gasteiger partial charge on any atom is -0.481 e. The quantitative estimate of drug-likeness (QED) is 0.714. The molecular weight excluding hydrogens is 386 g/mol. The molecule has 2 atom stereocenters. The fourth-order valence-corrected chi connectivity index (χ4v) is 2.51. The summed E-state index contributed by atoms with van der Waals surface area (Å²) in [6, 6.07) is 16.0. The number of para-hydroxylation sites is 1. The molecule has 0 aliphatic heterocycles. The molecule has 1 N–H and O–H groups in total. The maximum Gasteiger partial charge on any atom is 0.307 e. The Labute approximate surface area is 155 Å². The van der Waals surface area contributed by atoms with Crippen molar-refractivity contribution in [2.75, 3.05) is 7.11 Å². The molecule has 0 aliphatic carbocycles. The van der Waals surface area contributed by atoms with Gasteiger partial charge in [-0.2, -0.15) is 0 Å². The largest absolute Gasteiger partial charge is 0.481 e. The molecular formula is C19H20BrNO4. The van der Waals surface area contributed by atoms with Crippen molar-refractivity contribution in [2.24, 2.45) is 0 Å². The van der Waals surface area contributed by atoms with E-state index in [-0.39, 0.29) is 12.3 Å². The van der Waals surface area contributed by atoms with E-state index in [2.05, 4.69) is 21.2 Å². The third-order valence-electron chi connectivity index (χ3n) is 3.61. The number of esters is 1. The van der Waals surface area contributed by atoms with E-state index in [1.807, 2.05) is 42.5 Å². The molecule has 25 heavy (non-hydrogen) atoms. The van der Waals surface area contributed by atoms with Crippen molar-refractivity contribution >= 4 is 27.8 Å². The highest BCUT2D eigenvalue weighted by Gasteiger charge is 2.23. The summed E-state index contributed by atoms with van der Waals surface area (Å²) in [6.07, 6.45) is -0.653. The Balaban J connectivity index is 2.07. The average Bonchev–Trinajstić information content (AvgIpc) is 2.62. The van der Waals surface area contributed by atoms with Gasteiger partial charge in [0.25, 0.3) is 5.91 Å². The monoisotopic (exact) mass is 405 g/mol. The third-order valence-corrected chi connectivity index (χ3v) is 4.14. The lowest BCUT2D eigenvalue weighted by atomic mass is 10.0. The normalized spacial score (nSPS) is 12.8. The van der Waals surface area contributed by atoms with Crippen molar-refractivity contribution in [3.8, 4) is 5.75 Å². The zero-order valence-corrected chi connectivity index (χ0v) is 15.7. The molecule has 0 spiro atoms. The van der Waals surface area contributed by atoms with Crippen molar-refractivity contribution in [1.82, 2.24) is 5.32 Å². The number of amides is 1. The Morgan fingerprint density at radius 1 is 1.08 bits per heavy atom. The number of rotatable bonds is 7. The Kier molecular flexibility index (Phi) is 7.01. The number of carbonyl (C=O) groups excluding carboxylic acids is 2. The molecule has 0 fully saturated rings. The van der Waals surface area contributed by atoms with Crippen molar-refractivity contribution in [3.63, 3.8) is 0 Å². The van der Waals surface area contributed by atoms with Gasteiger partial charge in [-0.15, -0.1) is 0 Å². The van der Waals surface area contributed by atoms with Gasteiger partial charge in [-0.25, -0.2) is 0 Å². The van der Waals surface area contributed by atoms with Crippen LogP contribution in [0.1, 0.15) is 24.9 Å². The molecule has 6 heteroatoms. The van der Waals surface area contributed by atoms with Crippen LogP contribution in [-0.4, -0.2) is 25.1 Å². The van der Waals surface area contributed by atoms with Crippen LogP contribution in [0, 0.1) is 0 Å². The predicted octanol–water partition coefficient (Wildman–Crippen LogP) is 3.64. The molecule has 5 nitrogen and oxygen atoms in total. The second-order valence-corrected chi connectivity index (χ2v) is 6.38. The summed E-state index contributed by atoms with van der Waals surface area (Å²) in [7, 11) is 1.32. The highest BCUT2D eigenvalue weighted by atomic mass is 79.9. The molecule has 0 saturated heterocycles. The molecule has 2 aromatic rings. The molecule has 2 unspecified atom stereocenters. The zero-order chi connectivity index (χ0) is 18.2. The lowest BCUT2D eigenvalue weighted by Gasteiger charge is -2.21. The summed E-state index contributed by atoms with van der Waals surface area (Å²) in [6.45, 7) is 1.67. The number of ether oxygens (including phenoxy) is 2. The summed E-state index contributed by atoms with van der Waals surface area (Å²) < 4.78 is 11.3. The van der Waals surface area contributed by atoms with Gasteiger partial charge in [0, 0.05) is 4.47 Å². The number of carbonyl (C=O) groups is 2. The highest BCUT2D eigenvalue weighted by molar-refractivity contribution is 9.10. The van der Waals surface area contributed by atoms with Gasteiger partial charge in [-0.1, -0.05) is 46.3 Å². The fourth-order valence-electron chi connectivity index (χ4n) is 2.24. The first kappa shape index (κ1) is 19.0. The van der Waals surface area contributed by atoms with Crippen molar-refractivity contribution in [1.29, 1.82) is 0 Å². The van der Waals surface area contributed by atoms with Crippen LogP contribution in [-0.2, 0) is 14.3 Å². The number of hydrogen-bond acceptors (Lipinski definition) is 4. The number of halogens is 1. The van der Waals surface area contributed by atoms with Crippen LogP contribution in [0.15, 0.2) is 59.1 Å². The summed E-state index contributed by atoms with van der Waals surface area (Å²) in [5, 5.41) is 2.86. The molecule has 2 aromatic carbocycles. The van der Waals surface area contributed by atoms with Gasteiger partial charge in [0.15, 0.2) is 6.10 Å². The Morgan fingerprint density at radius 3 is 2.32 bits per heavy atom. The Bertz CT molecular complexity index is 703. The second kappa shape index (κ2) is 9.22. The zero-order valence-electron chi connectivity index (χ0n) is 14.1. The molecule has 2 rings (SSSR count). The molecule has 0 radical (unpaired) electrons. The van der Waals surface area contributed by atoms with E-state index in [0.29, 0.717) is 5.75 Å². The van der Waals surface area contributed by atoms with E-state index in [1.165, 1.54) is 7.11 Å². The summed E-state index contributed by atoms with van der Waals surface area (Å²) in [4.78, 5) is 24.2. The number of methoxy groups -OCH3 is 1. The molecule has 0 bridgehead atoms. The molecule has 0 saturated carbocycles. The first-order valence-electron chi connectivity index (χ1n) is 7.84. The van der Waals surface area contributed by atoms with Crippen molar-refractivity contribution in [2.45, 2.75) is 25.5 Å². The molecule has 0 aromatic heterocycles. The van der Waals surface area contributed by atoms with Crippen molar-refractivity contribution in [3.05, 3.63) is 64.6 Å². The minimum atomic E-state index is -0.696. The van der Waals surface area contributed by atoms with E-state index in [0.717, 1.165) is 10.0 Å². The maximum absolute atomic E-state index is 12.5. The average molecular weight is 406 g/mol. The number of hydrogen-bond donors (Lipinski definition) is 1. The van der Waals surface area contributed by atoms with Gasteiger partial charge in [0.2, 0.25) is 0 Å². The second-order valence-electron chi connectivity index (χ2n) is 5.47. The van der Waals surface area contributed by atoms with Crippen LogP contribution in [0.3, 0.4) is 0 Å². The van der Waals surface area contributed by atoms with Crippen molar-refractivity contribution < 1.29 is 19.1 Å². The van der Waals surface area contributed by atoms with Gasteiger partial charge < -0.3 is 14.8 Å². The fraction of sp³-hybridized carbons (Fsp3) is 0.263. The van der Waals surface area contributed by atoms with Crippen LogP contribution < -0.4 is 10.1 Å². The summed E-state index contributed by atoms with van der Waals surface area (Å²) in [5.41, 5.74) is 0.814. The molecule has 1 amide bonds. The van der Waals surface area contributed by atoms with E-state index in [9.17, 15) is 9.59 Å². The van der Waals surface area contributed by atoms with E-state index in [4.69, 9.17) is 9.47 Å². The van der Waals surface area contributed by atoms with Gasteiger partial charge in [0.1, 0.15) is 5.75 Å². The lowest BCUT2D eigenvalue weighted by molar-refractivity contribution is -0.141. The Hall–Kier alpha value is -2.34. The predicted molar refractivity (Wildman–Crippen MR) is 98.2 cm³/mol. The van der Waals surface area contributed by atoms with Gasteiger partial charge in [-0.3, -0.25) is 9.59 Å². The molecule has 0 aliphatic rings. The molecule has 0 heterocycles. The molecule has 132 valence electrons. The Morgan fingerprint density at radius 2 is 1.72 bits per heavy atom. The van der Waals surface area contributed by atoms with E-state index in [1.54, 1.807) is 19.1 Å². The smallest absolute Gasteiger partial charge is 0.307 e. The van der Waals surface area contributed by atoms with Crippen LogP contribution >= 0.6 is 15.9 Å². The summed E-state index contributed by atoms with van der Waals surface area (Å²) >= 11 is 3.37. The first-order chi connectivity index (χ1) is 12.0. The van der Waals surface area contributed by atoms with Crippen LogP contribution in [0.25, 0.3) is 0 Å². The summed E-state index contributed by atoms with van der Waals surface area (Å²) in [5.74, 6) is -0.0937. The topological polar surface area (TPSA) is 64.6 Å². The number of benzene rings is 2. The van der Waals surface area contributed by atoms with Gasteiger partial charge in [0.05, 0.1) is 19.6 Å². The van der Waals surface area contributed by atoms with Crippen LogP contribution in [0.2, 0.25) is 0 Å². The third kappa shape index (κ3) is 5.90. The van der Waals surface area contributed by atoms with Crippen LogP contribution in [0.4, 0.5) is 0 Å². The van der Waals surface area contributed by atoms with Gasteiger partial charge in [-0.05, 0) is 36.8 Å². The lowest BCUT2D eigenvalue weighted by Crippen LogP contribution is -2.39.